The molecule has 1 N–H and O–H groups in total. The summed E-state index contributed by atoms with van der Waals surface area (Å²) >= 11 is 1.74. The van der Waals surface area contributed by atoms with Crippen LogP contribution in [0, 0.1) is 12.7 Å². The third kappa shape index (κ3) is 3.27. The zero-order chi connectivity index (χ0) is 9.68. The second-order valence-corrected chi connectivity index (χ2v) is 3.89. The van der Waals surface area contributed by atoms with Crippen molar-refractivity contribution in [3.8, 4) is 0 Å². The van der Waals surface area contributed by atoms with Crippen molar-refractivity contribution < 1.29 is 4.39 Å². The van der Waals surface area contributed by atoms with Gasteiger partial charge >= 0.3 is 0 Å². The first kappa shape index (κ1) is 10.4. The van der Waals surface area contributed by atoms with Gasteiger partial charge in [0.15, 0.2) is 0 Å². The summed E-state index contributed by atoms with van der Waals surface area (Å²) in [6, 6.07) is 5.23. The van der Waals surface area contributed by atoms with E-state index in [-0.39, 0.29) is 5.82 Å². The van der Waals surface area contributed by atoms with E-state index in [1.165, 1.54) is 0 Å². The van der Waals surface area contributed by atoms with Crippen molar-refractivity contribution in [2.45, 2.75) is 6.92 Å². The molecular weight excluding hydrogens is 185 g/mol. The molecule has 0 aliphatic heterocycles. The molecule has 0 bridgehead atoms. The molecule has 1 aromatic carbocycles. The number of hydrogen-bond acceptors (Lipinski definition) is 2. The summed E-state index contributed by atoms with van der Waals surface area (Å²) in [6.07, 6.45) is 2.03. The topological polar surface area (TPSA) is 12.0 Å². The Morgan fingerprint density at radius 3 is 2.85 bits per heavy atom. The van der Waals surface area contributed by atoms with E-state index < -0.39 is 0 Å². The van der Waals surface area contributed by atoms with Crippen LogP contribution in [0.1, 0.15) is 5.56 Å². The summed E-state index contributed by atoms with van der Waals surface area (Å²) in [5, 5.41) is 3.05. The van der Waals surface area contributed by atoms with Gasteiger partial charge in [0.2, 0.25) is 0 Å². The zero-order valence-corrected chi connectivity index (χ0v) is 8.75. The number of nitrogens with one attached hydrogen (secondary N) is 1. The maximum atomic E-state index is 13.2. The van der Waals surface area contributed by atoms with Crippen molar-refractivity contribution in [3.63, 3.8) is 0 Å². The SMILES string of the molecule is CSCCNc1ccc(C)cc1F. The second-order valence-electron chi connectivity index (χ2n) is 2.90. The van der Waals surface area contributed by atoms with Crippen molar-refractivity contribution >= 4 is 17.4 Å². The summed E-state index contributed by atoms with van der Waals surface area (Å²) in [5.41, 5.74) is 1.55. The fourth-order valence-electron chi connectivity index (χ4n) is 1.05. The molecular formula is C10H14FNS. The minimum absolute atomic E-state index is 0.166. The van der Waals surface area contributed by atoms with Crippen LogP contribution in [0.3, 0.4) is 0 Å². The van der Waals surface area contributed by atoms with E-state index in [4.69, 9.17) is 0 Å². The number of rotatable bonds is 4. The Morgan fingerprint density at radius 2 is 2.23 bits per heavy atom. The first-order valence-electron chi connectivity index (χ1n) is 4.23. The maximum Gasteiger partial charge on any atom is 0.146 e. The van der Waals surface area contributed by atoms with Gasteiger partial charge in [0, 0.05) is 12.3 Å². The Balaban J connectivity index is 2.56. The molecule has 0 radical (unpaired) electrons. The van der Waals surface area contributed by atoms with E-state index in [0.717, 1.165) is 17.9 Å². The highest BCUT2D eigenvalue weighted by Crippen LogP contribution is 2.14. The molecule has 1 nitrogen and oxygen atoms in total. The molecule has 0 saturated carbocycles. The summed E-state index contributed by atoms with van der Waals surface area (Å²) in [6.45, 7) is 2.69. The van der Waals surface area contributed by atoms with Gasteiger partial charge in [0.25, 0.3) is 0 Å². The van der Waals surface area contributed by atoms with Gasteiger partial charge in [0.1, 0.15) is 5.82 Å². The first-order chi connectivity index (χ1) is 6.24. The molecule has 1 rings (SSSR count). The quantitative estimate of drug-likeness (QED) is 0.748. The van der Waals surface area contributed by atoms with Crippen LogP contribution in [0.4, 0.5) is 10.1 Å². The third-order valence-electron chi connectivity index (χ3n) is 1.75. The van der Waals surface area contributed by atoms with Gasteiger partial charge in [-0.25, -0.2) is 4.39 Å². The van der Waals surface area contributed by atoms with Crippen LogP contribution in [-0.2, 0) is 0 Å². The third-order valence-corrected chi connectivity index (χ3v) is 2.36. The summed E-state index contributed by atoms with van der Waals surface area (Å²) < 4.78 is 13.2. The van der Waals surface area contributed by atoms with Crippen LogP contribution in [0.15, 0.2) is 18.2 Å². The number of halogens is 1. The van der Waals surface area contributed by atoms with Crippen molar-refractivity contribution in [1.29, 1.82) is 0 Å². The maximum absolute atomic E-state index is 13.2. The molecule has 0 fully saturated rings. The van der Waals surface area contributed by atoms with Crippen molar-refractivity contribution in [2.75, 3.05) is 23.9 Å². The molecule has 0 aromatic heterocycles. The van der Waals surface area contributed by atoms with Crippen LogP contribution in [-0.4, -0.2) is 18.6 Å². The number of anilines is 1. The number of hydrogen-bond donors (Lipinski definition) is 1. The molecule has 0 saturated heterocycles. The zero-order valence-electron chi connectivity index (χ0n) is 7.93. The number of aryl methyl sites for hydroxylation is 1. The fraction of sp³-hybridized carbons (Fsp3) is 0.400. The second kappa shape index (κ2) is 5.12. The van der Waals surface area contributed by atoms with Crippen LogP contribution in [0.5, 0.6) is 0 Å². The predicted molar refractivity (Wildman–Crippen MR) is 58.0 cm³/mol. The van der Waals surface area contributed by atoms with Crippen molar-refractivity contribution in [3.05, 3.63) is 29.6 Å². The first-order valence-corrected chi connectivity index (χ1v) is 5.62. The highest BCUT2D eigenvalue weighted by molar-refractivity contribution is 7.98. The fourth-order valence-corrected chi connectivity index (χ4v) is 1.36. The Bertz CT molecular complexity index is 276. The molecule has 0 aliphatic rings. The average Bonchev–Trinajstić information content (AvgIpc) is 2.09. The Labute approximate surface area is 82.7 Å². The minimum Gasteiger partial charge on any atom is -0.382 e. The van der Waals surface area contributed by atoms with Gasteiger partial charge < -0.3 is 5.32 Å². The largest absolute Gasteiger partial charge is 0.382 e. The normalized spacial score (nSPS) is 10.1. The lowest BCUT2D eigenvalue weighted by molar-refractivity contribution is 0.629. The van der Waals surface area contributed by atoms with Gasteiger partial charge in [-0.1, -0.05) is 6.07 Å². The van der Waals surface area contributed by atoms with E-state index in [0.29, 0.717) is 5.69 Å². The molecule has 0 unspecified atom stereocenters. The summed E-state index contributed by atoms with van der Waals surface area (Å²) in [4.78, 5) is 0. The van der Waals surface area contributed by atoms with Crippen LogP contribution in [0.25, 0.3) is 0 Å². The molecule has 0 spiro atoms. The van der Waals surface area contributed by atoms with E-state index >= 15 is 0 Å². The Kier molecular flexibility index (Phi) is 4.09. The van der Waals surface area contributed by atoms with Gasteiger partial charge in [0.05, 0.1) is 5.69 Å². The minimum atomic E-state index is -0.166. The molecule has 1 aromatic rings. The van der Waals surface area contributed by atoms with Crippen LogP contribution < -0.4 is 5.32 Å². The smallest absolute Gasteiger partial charge is 0.146 e. The highest BCUT2D eigenvalue weighted by atomic mass is 32.2. The standard InChI is InChI=1S/C10H14FNS/c1-8-3-4-10(9(11)7-8)12-5-6-13-2/h3-4,7,12H,5-6H2,1-2H3. The van der Waals surface area contributed by atoms with Crippen LogP contribution >= 0.6 is 11.8 Å². The summed E-state index contributed by atoms with van der Waals surface area (Å²) in [7, 11) is 0. The van der Waals surface area contributed by atoms with Gasteiger partial charge in [-0.2, -0.15) is 11.8 Å². The van der Waals surface area contributed by atoms with E-state index in [1.807, 2.05) is 19.2 Å². The molecule has 72 valence electrons. The van der Waals surface area contributed by atoms with E-state index in [1.54, 1.807) is 23.9 Å². The molecule has 3 heteroatoms. The van der Waals surface area contributed by atoms with E-state index in [9.17, 15) is 4.39 Å². The van der Waals surface area contributed by atoms with Gasteiger partial charge in [-0.3, -0.25) is 0 Å². The molecule has 0 amide bonds. The molecule has 0 aliphatic carbocycles. The molecule has 0 heterocycles. The highest BCUT2D eigenvalue weighted by Gasteiger charge is 1.99. The average molecular weight is 199 g/mol. The van der Waals surface area contributed by atoms with Gasteiger partial charge in [-0.15, -0.1) is 0 Å². The van der Waals surface area contributed by atoms with Crippen molar-refractivity contribution in [1.82, 2.24) is 0 Å². The summed E-state index contributed by atoms with van der Waals surface area (Å²) in [5.74, 6) is 0.828. The number of thioether (sulfide) groups is 1. The lowest BCUT2D eigenvalue weighted by Crippen LogP contribution is -2.05. The van der Waals surface area contributed by atoms with Crippen molar-refractivity contribution in [2.24, 2.45) is 0 Å². The predicted octanol–water partition coefficient (Wildman–Crippen LogP) is 2.91. The van der Waals surface area contributed by atoms with Crippen LogP contribution in [0.2, 0.25) is 0 Å². The monoisotopic (exact) mass is 199 g/mol. The molecule has 0 atom stereocenters. The molecule has 13 heavy (non-hydrogen) atoms. The Hall–Kier alpha value is -0.700. The Morgan fingerprint density at radius 1 is 1.46 bits per heavy atom. The lowest BCUT2D eigenvalue weighted by Gasteiger charge is -2.06. The van der Waals surface area contributed by atoms with E-state index in [2.05, 4.69) is 5.32 Å². The van der Waals surface area contributed by atoms with Gasteiger partial charge in [-0.05, 0) is 30.9 Å². The number of benzene rings is 1. The lowest BCUT2D eigenvalue weighted by atomic mass is 10.2.